The molecule has 1 N–H and O–H groups in total. The van der Waals surface area contributed by atoms with Crippen LogP contribution in [0, 0.1) is 0 Å². The zero-order valence-electron chi connectivity index (χ0n) is 9.70. The highest BCUT2D eigenvalue weighted by Gasteiger charge is 2.46. The van der Waals surface area contributed by atoms with Crippen LogP contribution in [0.25, 0.3) is 5.70 Å². The first kappa shape index (κ1) is 12.0. The van der Waals surface area contributed by atoms with E-state index in [1.807, 2.05) is 31.3 Å². The normalized spacial score (nSPS) is 23.8. The summed E-state index contributed by atoms with van der Waals surface area (Å²) in [7, 11) is 0. The van der Waals surface area contributed by atoms with Gasteiger partial charge in [0, 0.05) is 18.6 Å². The smallest absolute Gasteiger partial charge is 0.223 e. The van der Waals surface area contributed by atoms with Gasteiger partial charge in [-0.1, -0.05) is 13.3 Å². The SMILES string of the molecule is CCCCC1=C(I)C(C)(O)c2cccc[n+]21. The van der Waals surface area contributed by atoms with Crippen LogP contribution in [-0.4, -0.2) is 5.11 Å². The molecule has 0 saturated carbocycles. The first-order chi connectivity index (χ1) is 7.59. The highest BCUT2D eigenvalue weighted by molar-refractivity contribution is 14.1. The van der Waals surface area contributed by atoms with E-state index in [2.05, 4.69) is 34.1 Å². The number of allylic oxidation sites excluding steroid dienone is 1. The van der Waals surface area contributed by atoms with E-state index in [1.54, 1.807) is 0 Å². The minimum absolute atomic E-state index is 0.815. The number of fused-ring (bicyclic) bond motifs is 1. The van der Waals surface area contributed by atoms with E-state index >= 15 is 0 Å². The maximum absolute atomic E-state index is 10.5. The fourth-order valence-corrected chi connectivity index (χ4v) is 2.95. The van der Waals surface area contributed by atoms with Crippen molar-refractivity contribution in [3.8, 4) is 0 Å². The molecule has 1 atom stereocenters. The Morgan fingerprint density at radius 1 is 1.44 bits per heavy atom. The van der Waals surface area contributed by atoms with Crippen LogP contribution in [0.3, 0.4) is 0 Å². The molecule has 1 unspecified atom stereocenters. The summed E-state index contributed by atoms with van der Waals surface area (Å²) in [6.45, 7) is 4.07. The number of unbranched alkanes of at least 4 members (excludes halogenated alkanes) is 1. The van der Waals surface area contributed by atoms with Gasteiger partial charge in [-0.25, -0.2) is 0 Å². The molecule has 0 bridgehead atoms. The van der Waals surface area contributed by atoms with Gasteiger partial charge in [0.05, 0.1) is 3.58 Å². The lowest BCUT2D eigenvalue weighted by Crippen LogP contribution is -2.36. The molecule has 0 fully saturated rings. The number of rotatable bonds is 3. The van der Waals surface area contributed by atoms with Crippen LogP contribution in [0.15, 0.2) is 28.0 Å². The molecule has 1 aromatic heterocycles. The van der Waals surface area contributed by atoms with Crippen molar-refractivity contribution in [1.82, 2.24) is 0 Å². The molecule has 0 spiro atoms. The predicted octanol–water partition coefficient (Wildman–Crippen LogP) is 2.99. The Labute approximate surface area is 110 Å². The minimum Gasteiger partial charge on any atom is -0.374 e. The third-order valence-electron chi connectivity index (χ3n) is 3.10. The maximum Gasteiger partial charge on any atom is 0.223 e. The van der Waals surface area contributed by atoms with Gasteiger partial charge in [0.15, 0.2) is 17.5 Å². The average molecular weight is 330 g/mol. The second kappa shape index (κ2) is 4.45. The summed E-state index contributed by atoms with van der Waals surface area (Å²) < 4.78 is 3.20. The van der Waals surface area contributed by atoms with Crippen LogP contribution < -0.4 is 4.57 Å². The van der Waals surface area contributed by atoms with Crippen LogP contribution in [-0.2, 0) is 5.60 Å². The van der Waals surface area contributed by atoms with Gasteiger partial charge in [-0.15, -0.1) is 0 Å². The highest BCUT2D eigenvalue weighted by atomic mass is 127. The lowest BCUT2D eigenvalue weighted by atomic mass is 10.0. The van der Waals surface area contributed by atoms with Crippen molar-refractivity contribution in [1.29, 1.82) is 0 Å². The van der Waals surface area contributed by atoms with Gasteiger partial charge in [0.1, 0.15) is 0 Å². The summed E-state index contributed by atoms with van der Waals surface area (Å²) in [5.41, 5.74) is 1.42. The predicted molar refractivity (Wildman–Crippen MR) is 73.0 cm³/mol. The van der Waals surface area contributed by atoms with E-state index in [4.69, 9.17) is 0 Å². The van der Waals surface area contributed by atoms with Crippen molar-refractivity contribution >= 4 is 28.3 Å². The van der Waals surface area contributed by atoms with E-state index in [0.717, 1.165) is 15.7 Å². The molecule has 1 aromatic rings. The Balaban J connectivity index is 2.47. The van der Waals surface area contributed by atoms with Crippen LogP contribution in [0.1, 0.15) is 38.8 Å². The van der Waals surface area contributed by atoms with E-state index < -0.39 is 5.60 Å². The summed E-state index contributed by atoms with van der Waals surface area (Å²) in [5, 5.41) is 10.5. The summed E-state index contributed by atoms with van der Waals surface area (Å²) in [4.78, 5) is 0. The lowest BCUT2D eigenvalue weighted by Gasteiger charge is -2.11. The number of pyridine rings is 1. The van der Waals surface area contributed by atoms with Crippen LogP contribution in [0.5, 0.6) is 0 Å². The molecule has 16 heavy (non-hydrogen) atoms. The van der Waals surface area contributed by atoms with Gasteiger partial charge in [0.25, 0.3) is 0 Å². The van der Waals surface area contributed by atoms with E-state index in [-0.39, 0.29) is 0 Å². The molecule has 0 aromatic carbocycles. The molecular weight excluding hydrogens is 313 g/mol. The standard InChI is InChI=1S/C13H17INO/c1-3-4-7-10-12(14)13(2,16)11-8-5-6-9-15(10)11/h5-6,8-9,16H,3-4,7H2,1-2H3/q+1. The summed E-state index contributed by atoms with van der Waals surface area (Å²) in [6, 6.07) is 5.99. The second-order valence-electron chi connectivity index (χ2n) is 4.39. The van der Waals surface area contributed by atoms with Crippen molar-refractivity contribution in [3.05, 3.63) is 33.7 Å². The Kier molecular flexibility index (Phi) is 3.35. The number of hydrogen-bond acceptors (Lipinski definition) is 1. The van der Waals surface area contributed by atoms with Crippen LogP contribution in [0.2, 0.25) is 0 Å². The minimum atomic E-state index is -0.815. The fourth-order valence-electron chi connectivity index (χ4n) is 2.15. The summed E-state index contributed by atoms with van der Waals surface area (Å²) >= 11 is 2.28. The van der Waals surface area contributed by atoms with E-state index in [0.29, 0.717) is 0 Å². The Hall–Kier alpha value is -0.420. The fraction of sp³-hybridized carbons (Fsp3) is 0.462. The molecule has 0 saturated heterocycles. The van der Waals surface area contributed by atoms with Gasteiger partial charge < -0.3 is 5.11 Å². The molecule has 2 nitrogen and oxygen atoms in total. The van der Waals surface area contributed by atoms with Crippen molar-refractivity contribution in [2.75, 3.05) is 0 Å². The monoisotopic (exact) mass is 330 g/mol. The molecule has 2 heterocycles. The molecule has 0 amide bonds. The molecule has 86 valence electrons. The number of halogens is 1. The van der Waals surface area contributed by atoms with Crippen LogP contribution >= 0.6 is 22.6 Å². The van der Waals surface area contributed by atoms with E-state index in [1.165, 1.54) is 18.5 Å². The molecule has 3 heteroatoms. The Morgan fingerprint density at radius 3 is 2.88 bits per heavy atom. The van der Waals surface area contributed by atoms with Crippen molar-refractivity contribution in [3.63, 3.8) is 0 Å². The van der Waals surface area contributed by atoms with Crippen molar-refractivity contribution < 1.29 is 9.67 Å². The number of aliphatic hydroxyl groups is 1. The third kappa shape index (κ3) is 1.80. The molecule has 0 aliphatic carbocycles. The van der Waals surface area contributed by atoms with Gasteiger partial charge in [-0.3, -0.25) is 0 Å². The molecular formula is C13H17INO+. The van der Waals surface area contributed by atoms with Gasteiger partial charge in [-0.2, -0.15) is 4.57 Å². The highest BCUT2D eigenvalue weighted by Crippen LogP contribution is 2.40. The van der Waals surface area contributed by atoms with E-state index in [9.17, 15) is 5.11 Å². The van der Waals surface area contributed by atoms with Gasteiger partial charge in [-0.05, 0) is 42.0 Å². The quantitative estimate of drug-likeness (QED) is 0.669. The van der Waals surface area contributed by atoms with Crippen molar-refractivity contribution in [2.45, 2.75) is 38.7 Å². The second-order valence-corrected chi connectivity index (χ2v) is 5.47. The average Bonchev–Trinajstić information content (AvgIpc) is 2.47. The molecule has 2 rings (SSSR count). The number of nitrogens with zero attached hydrogens (tertiary/aromatic N) is 1. The summed E-state index contributed by atoms with van der Waals surface area (Å²) in [5.74, 6) is 0. The van der Waals surface area contributed by atoms with Gasteiger partial charge in [0.2, 0.25) is 5.69 Å². The number of aromatic nitrogens is 1. The third-order valence-corrected chi connectivity index (χ3v) is 4.77. The maximum atomic E-state index is 10.5. The first-order valence-electron chi connectivity index (χ1n) is 5.72. The molecule has 0 radical (unpaired) electrons. The van der Waals surface area contributed by atoms with Crippen molar-refractivity contribution in [2.24, 2.45) is 0 Å². The van der Waals surface area contributed by atoms with Gasteiger partial charge >= 0.3 is 0 Å². The lowest BCUT2D eigenvalue weighted by molar-refractivity contribution is -0.592. The van der Waals surface area contributed by atoms with Crippen LogP contribution in [0.4, 0.5) is 0 Å². The molecule has 1 aliphatic rings. The Morgan fingerprint density at radius 2 is 2.19 bits per heavy atom. The summed E-state index contributed by atoms with van der Waals surface area (Å²) in [6.07, 6.45) is 5.42. The zero-order chi connectivity index (χ0) is 11.8. The first-order valence-corrected chi connectivity index (χ1v) is 6.80. The number of hydrogen-bond donors (Lipinski definition) is 1. The molecule has 1 aliphatic heterocycles. The zero-order valence-corrected chi connectivity index (χ0v) is 11.9. The topological polar surface area (TPSA) is 24.1 Å². The largest absolute Gasteiger partial charge is 0.374 e. The Bertz CT molecular complexity index is 437.